The fourth-order valence-electron chi connectivity index (χ4n) is 1.36. The predicted molar refractivity (Wildman–Crippen MR) is 71.4 cm³/mol. The molecule has 0 spiro atoms. The summed E-state index contributed by atoms with van der Waals surface area (Å²) < 4.78 is 13.8. The maximum absolute atomic E-state index is 12.9. The van der Waals surface area contributed by atoms with E-state index in [1.807, 2.05) is 13.0 Å². The van der Waals surface area contributed by atoms with E-state index < -0.39 is 5.95 Å². The Morgan fingerprint density at radius 1 is 1.35 bits per heavy atom. The lowest BCUT2D eigenvalue weighted by molar-refractivity contribution is 0.585. The summed E-state index contributed by atoms with van der Waals surface area (Å²) in [6, 6.07) is 8.23. The number of rotatable bonds is 2. The molecule has 17 heavy (non-hydrogen) atoms. The van der Waals surface area contributed by atoms with Crippen LogP contribution in [-0.4, -0.2) is 4.98 Å². The second-order valence-corrected chi connectivity index (χ2v) is 4.81. The number of anilines is 2. The third-order valence-electron chi connectivity index (χ3n) is 2.23. The summed E-state index contributed by atoms with van der Waals surface area (Å²) in [4.78, 5) is 3.72. The molecule has 2 rings (SSSR count). The molecule has 0 saturated heterocycles. The fourth-order valence-corrected chi connectivity index (χ4v) is 2.08. The van der Waals surface area contributed by atoms with Crippen LogP contribution in [0, 0.1) is 12.9 Å². The van der Waals surface area contributed by atoms with E-state index in [0.717, 1.165) is 15.7 Å². The molecule has 88 valence electrons. The molecular weight excluding hydrogens is 307 g/mol. The highest BCUT2D eigenvalue weighted by molar-refractivity contribution is 9.10. The molecule has 0 unspecified atom stereocenters. The highest BCUT2D eigenvalue weighted by atomic mass is 79.9. The van der Waals surface area contributed by atoms with E-state index in [4.69, 9.17) is 11.6 Å². The standard InChI is InChI=1S/C12H9BrClFN2/c1-7-5-8(13)10(6-9(7)14)16-12-4-2-3-11(15)17-12/h2-6H,1H3,(H,16,17). The highest BCUT2D eigenvalue weighted by Crippen LogP contribution is 2.30. The second-order valence-electron chi connectivity index (χ2n) is 3.55. The van der Waals surface area contributed by atoms with Gasteiger partial charge in [0.2, 0.25) is 5.95 Å². The minimum atomic E-state index is -0.524. The van der Waals surface area contributed by atoms with Crippen molar-refractivity contribution in [2.75, 3.05) is 5.32 Å². The van der Waals surface area contributed by atoms with Crippen LogP contribution in [0.15, 0.2) is 34.8 Å². The maximum Gasteiger partial charge on any atom is 0.214 e. The van der Waals surface area contributed by atoms with Gasteiger partial charge in [0, 0.05) is 9.50 Å². The Labute approximate surface area is 112 Å². The van der Waals surface area contributed by atoms with Crippen LogP contribution in [0.3, 0.4) is 0 Å². The number of benzene rings is 1. The zero-order valence-corrected chi connectivity index (χ0v) is 11.3. The van der Waals surface area contributed by atoms with Crippen molar-refractivity contribution >= 4 is 39.0 Å². The van der Waals surface area contributed by atoms with Crippen molar-refractivity contribution in [2.45, 2.75) is 6.92 Å². The van der Waals surface area contributed by atoms with Crippen molar-refractivity contribution in [1.82, 2.24) is 4.98 Å². The van der Waals surface area contributed by atoms with Crippen molar-refractivity contribution in [3.05, 3.63) is 51.3 Å². The lowest BCUT2D eigenvalue weighted by Gasteiger charge is -2.09. The van der Waals surface area contributed by atoms with Crippen molar-refractivity contribution < 1.29 is 4.39 Å². The number of halogens is 3. The molecule has 1 N–H and O–H groups in total. The van der Waals surface area contributed by atoms with E-state index in [0.29, 0.717) is 10.8 Å². The van der Waals surface area contributed by atoms with Crippen LogP contribution in [0.25, 0.3) is 0 Å². The molecule has 0 aliphatic rings. The van der Waals surface area contributed by atoms with E-state index in [1.165, 1.54) is 6.07 Å². The molecule has 1 aromatic heterocycles. The molecule has 0 fully saturated rings. The quantitative estimate of drug-likeness (QED) is 0.813. The van der Waals surface area contributed by atoms with Crippen LogP contribution in [0.2, 0.25) is 5.02 Å². The summed E-state index contributed by atoms with van der Waals surface area (Å²) in [5.41, 5.74) is 1.72. The number of hydrogen-bond donors (Lipinski definition) is 1. The van der Waals surface area contributed by atoms with Crippen LogP contribution in [0.1, 0.15) is 5.56 Å². The van der Waals surface area contributed by atoms with E-state index in [-0.39, 0.29) is 0 Å². The summed E-state index contributed by atoms with van der Waals surface area (Å²) in [7, 11) is 0. The molecule has 1 aromatic carbocycles. The highest BCUT2D eigenvalue weighted by Gasteiger charge is 2.05. The normalized spacial score (nSPS) is 10.4. The molecule has 5 heteroatoms. The first-order chi connectivity index (χ1) is 8.06. The van der Waals surface area contributed by atoms with Gasteiger partial charge in [-0.2, -0.15) is 4.39 Å². The minimum Gasteiger partial charge on any atom is -0.339 e. The van der Waals surface area contributed by atoms with E-state index in [9.17, 15) is 4.39 Å². The number of nitrogens with zero attached hydrogens (tertiary/aromatic N) is 1. The van der Waals surface area contributed by atoms with Gasteiger partial charge >= 0.3 is 0 Å². The summed E-state index contributed by atoms with van der Waals surface area (Å²) >= 11 is 9.44. The van der Waals surface area contributed by atoms with E-state index in [2.05, 4.69) is 26.2 Å². The molecule has 0 atom stereocenters. The number of nitrogens with one attached hydrogen (secondary N) is 1. The van der Waals surface area contributed by atoms with Gasteiger partial charge in [-0.15, -0.1) is 0 Å². The Morgan fingerprint density at radius 3 is 2.82 bits per heavy atom. The van der Waals surface area contributed by atoms with Gasteiger partial charge in [-0.3, -0.25) is 0 Å². The first-order valence-corrected chi connectivity index (χ1v) is 6.08. The Morgan fingerprint density at radius 2 is 2.12 bits per heavy atom. The van der Waals surface area contributed by atoms with E-state index >= 15 is 0 Å². The van der Waals surface area contributed by atoms with Gasteiger partial charge < -0.3 is 5.32 Å². The molecule has 0 bridgehead atoms. The molecule has 0 saturated carbocycles. The van der Waals surface area contributed by atoms with Crippen LogP contribution < -0.4 is 5.32 Å². The van der Waals surface area contributed by atoms with Crippen LogP contribution in [-0.2, 0) is 0 Å². The predicted octanol–water partition coefficient (Wildman–Crippen LogP) is 4.69. The van der Waals surface area contributed by atoms with Gasteiger partial charge in [0.25, 0.3) is 0 Å². The van der Waals surface area contributed by atoms with Gasteiger partial charge in [-0.25, -0.2) is 4.98 Å². The topological polar surface area (TPSA) is 24.9 Å². The average Bonchev–Trinajstić information content (AvgIpc) is 2.26. The Hall–Kier alpha value is -1.13. The molecule has 2 aromatic rings. The van der Waals surface area contributed by atoms with Crippen LogP contribution in [0.5, 0.6) is 0 Å². The Bertz CT molecular complexity index is 560. The Kier molecular flexibility index (Phi) is 3.64. The Balaban J connectivity index is 2.33. The second kappa shape index (κ2) is 5.02. The van der Waals surface area contributed by atoms with Crippen LogP contribution >= 0.6 is 27.5 Å². The van der Waals surface area contributed by atoms with E-state index in [1.54, 1.807) is 18.2 Å². The van der Waals surface area contributed by atoms with Gasteiger partial charge in [0.05, 0.1) is 5.69 Å². The third kappa shape index (κ3) is 2.96. The van der Waals surface area contributed by atoms with Gasteiger partial charge in [0.15, 0.2) is 0 Å². The summed E-state index contributed by atoms with van der Waals surface area (Å²) in [6.45, 7) is 1.91. The van der Waals surface area contributed by atoms with Crippen LogP contribution in [0.4, 0.5) is 15.9 Å². The zero-order valence-electron chi connectivity index (χ0n) is 8.97. The third-order valence-corrected chi connectivity index (χ3v) is 3.29. The van der Waals surface area contributed by atoms with Crippen molar-refractivity contribution in [3.63, 3.8) is 0 Å². The SMILES string of the molecule is Cc1cc(Br)c(Nc2cccc(F)n2)cc1Cl. The fraction of sp³-hybridized carbons (Fsp3) is 0.0833. The smallest absolute Gasteiger partial charge is 0.214 e. The number of pyridine rings is 1. The zero-order chi connectivity index (χ0) is 12.4. The monoisotopic (exact) mass is 314 g/mol. The summed E-state index contributed by atoms with van der Waals surface area (Å²) in [5.74, 6) is -0.0880. The molecule has 2 nitrogen and oxygen atoms in total. The maximum atomic E-state index is 12.9. The lowest BCUT2D eigenvalue weighted by atomic mass is 10.2. The van der Waals surface area contributed by atoms with Crippen molar-refractivity contribution in [2.24, 2.45) is 0 Å². The summed E-state index contributed by atoms with van der Waals surface area (Å²) in [6.07, 6.45) is 0. The first kappa shape index (κ1) is 12.3. The van der Waals surface area contributed by atoms with Crippen molar-refractivity contribution in [3.8, 4) is 0 Å². The van der Waals surface area contributed by atoms with Gasteiger partial charge in [-0.05, 0) is 52.7 Å². The number of hydrogen-bond acceptors (Lipinski definition) is 2. The van der Waals surface area contributed by atoms with Gasteiger partial charge in [-0.1, -0.05) is 17.7 Å². The molecular formula is C12H9BrClFN2. The molecule has 0 radical (unpaired) electrons. The average molecular weight is 316 g/mol. The molecule has 1 heterocycles. The molecule has 0 amide bonds. The van der Waals surface area contributed by atoms with Crippen molar-refractivity contribution in [1.29, 1.82) is 0 Å². The lowest BCUT2D eigenvalue weighted by Crippen LogP contribution is -1.96. The molecule has 0 aliphatic carbocycles. The molecule has 0 aliphatic heterocycles. The largest absolute Gasteiger partial charge is 0.339 e. The summed E-state index contributed by atoms with van der Waals surface area (Å²) in [5, 5.41) is 3.64. The van der Waals surface area contributed by atoms with Gasteiger partial charge in [0.1, 0.15) is 5.82 Å². The number of aryl methyl sites for hydroxylation is 1. The number of aromatic nitrogens is 1. The first-order valence-electron chi connectivity index (χ1n) is 4.91. The minimum absolute atomic E-state index is 0.436.